The number of likely N-dealkylation sites (tertiary alicyclic amines) is 1. The van der Waals surface area contributed by atoms with E-state index in [2.05, 4.69) is 0 Å². The zero-order valence-electron chi connectivity index (χ0n) is 11.6. The van der Waals surface area contributed by atoms with Crippen molar-refractivity contribution in [2.45, 2.75) is 57.5 Å². The molecule has 5 nitrogen and oxygen atoms in total. The predicted molar refractivity (Wildman–Crippen MR) is 71.3 cm³/mol. The molecule has 1 saturated heterocycles. The summed E-state index contributed by atoms with van der Waals surface area (Å²) in [7, 11) is 0. The predicted octanol–water partition coefficient (Wildman–Crippen LogP) is 1.06. The number of nitrogens with zero attached hydrogens (tertiary/aromatic N) is 1. The topological polar surface area (TPSA) is 72.6 Å². The average molecular weight is 268 g/mol. The van der Waals surface area contributed by atoms with Crippen LogP contribution in [0.15, 0.2) is 0 Å². The summed E-state index contributed by atoms with van der Waals surface area (Å²) in [4.78, 5) is 26.2. The molecule has 2 aliphatic rings. The van der Waals surface area contributed by atoms with Crippen molar-refractivity contribution in [3.8, 4) is 0 Å². The summed E-state index contributed by atoms with van der Waals surface area (Å²) in [5.41, 5.74) is 6.00. The van der Waals surface area contributed by atoms with Gasteiger partial charge in [0.05, 0.1) is 12.5 Å². The number of carbonyl (C=O) groups is 2. The zero-order chi connectivity index (χ0) is 13.8. The van der Waals surface area contributed by atoms with Crippen molar-refractivity contribution < 1.29 is 14.3 Å². The van der Waals surface area contributed by atoms with Crippen molar-refractivity contribution in [1.29, 1.82) is 0 Å². The van der Waals surface area contributed by atoms with Crippen LogP contribution in [0.2, 0.25) is 0 Å². The SMILES string of the molecule is CCOC(=O)C1CCCCN1C(=O)C1CCCC1N. The highest BCUT2D eigenvalue weighted by Crippen LogP contribution is 2.29. The van der Waals surface area contributed by atoms with E-state index in [0.717, 1.165) is 32.1 Å². The molecule has 3 atom stereocenters. The summed E-state index contributed by atoms with van der Waals surface area (Å²) >= 11 is 0. The Bertz CT molecular complexity index is 346. The molecule has 0 aromatic rings. The molecule has 2 rings (SSSR count). The summed E-state index contributed by atoms with van der Waals surface area (Å²) in [6.45, 7) is 2.81. The van der Waals surface area contributed by atoms with Gasteiger partial charge in [0.1, 0.15) is 6.04 Å². The number of hydrogen-bond donors (Lipinski definition) is 1. The van der Waals surface area contributed by atoms with E-state index in [1.165, 1.54) is 0 Å². The molecule has 3 unspecified atom stereocenters. The van der Waals surface area contributed by atoms with Gasteiger partial charge in [-0.25, -0.2) is 4.79 Å². The lowest BCUT2D eigenvalue weighted by Crippen LogP contribution is -2.52. The maximum absolute atomic E-state index is 12.6. The molecule has 19 heavy (non-hydrogen) atoms. The van der Waals surface area contributed by atoms with Gasteiger partial charge in [-0.3, -0.25) is 4.79 Å². The zero-order valence-corrected chi connectivity index (χ0v) is 11.6. The third-order valence-corrected chi connectivity index (χ3v) is 4.23. The van der Waals surface area contributed by atoms with Gasteiger partial charge in [-0.2, -0.15) is 0 Å². The Kier molecular flexibility index (Phi) is 4.80. The van der Waals surface area contributed by atoms with Crippen LogP contribution in [0, 0.1) is 5.92 Å². The Labute approximate surface area is 114 Å². The summed E-state index contributed by atoms with van der Waals surface area (Å²) in [5.74, 6) is -0.306. The van der Waals surface area contributed by atoms with Gasteiger partial charge in [0.25, 0.3) is 0 Å². The van der Waals surface area contributed by atoms with Gasteiger partial charge in [-0.15, -0.1) is 0 Å². The Morgan fingerprint density at radius 3 is 2.63 bits per heavy atom. The third kappa shape index (κ3) is 3.08. The largest absolute Gasteiger partial charge is 0.464 e. The first-order chi connectivity index (χ1) is 9.15. The van der Waals surface area contributed by atoms with Crippen LogP contribution in [0.5, 0.6) is 0 Å². The average Bonchev–Trinajstić information content (AvgIpc) is 2.84. The maximum atomic E-state index is 12.6. The van der Waals surface area contributed by atoms with Crippen LogP contribution in [-0.2, 0) is 14.3 Å². The lowest BCUT2D eigenvalue weighted by Gasteiger charge is -2.36. The molecule has 1 aliphatic carbocycles. The first-order valence-corrected chi connectivity index (χ1v) is 7.37. The van der Waals surface area contributed by atoms with Crippen LogP contribution in [0.25, 0.3) is 0 Å². The second kappa shape index (κ2) is 6.37. The van der Waals surface area contributed by atoms with Crippen molar-refractivity contribution in [3.05, 3.63) is 0 Å². The van der Waals surface area contributed by atoms with Crippen LogP contribution >= 0.6 is 0 Å². The molecule has 1 amide bonds. The van der Waals surface area contributed by atoms with Crippen LogP contribution in [0.4, 0.5) is 0 Å². The summed E-state index contributed by atoms with van der Waals surface area (Å²) in [6.07, 6.45) is 5.43. The minimum absolute atomic E-state index is 0.0442. The monoisotopic (exact) mass is 268 g/mol. The van der Waals surface area contributed by atoms with Gasteiger partial charge in [0.15, 0.2) is 0 Å². The Balaban J connectivity index is 2.06. The molecule has 0 bridgehead atoms. The van der Waals surface area contributed by atoms with Gasteiger partial charge in [-0.05, 0) is 39.0 Å². The molecule has 1 aliphatic heterocycles. The van der Waals surface area contributed by atoms with Crippen molar-refractivity contribution in [2.24, 2.45) is 11.7 Å². The highest BCUT2D eigenvalue weighted by atomic mass is 16.5. The number of ether oxygens (including phenoxy) is 1. The van der Waals surface area contributed by atoms with Crippen LogP contribution < -0.4 is 5.73 Å². The number of carbonyl (C=O) groups excluding carboxylic acids is 2. The van der Waals surface area contributed by atoms with Gasteiger partial charge in [0, 0.05) is 12.6 Å². The fraction of sp³-hybridized carbons (Fsp3) is 0.857. The summed E-state index contributed by atoms with van der Waals surface area (Å²) in [5, 5.41) is 0. The molecule has 5 heteroatoms. The van der Waals surface area contributed by atoms with E-state index in [9.17, 15) is 9.59 Å². The third-order valence-electron chi connectivity index (χ3n) is 4.23. The van der Waals surface area contributed by atoms with Crippen molar-refractivity contribution >= 4 is 11.9 Å². The Morgan fingerprint density at radius 1 is 1.21 bits per heavy atom. The first-order valence-electron chi connectivity index (χ1n) is 7.37. The Morgan fingerprint density at radius 2 is 2.00 bits per heavy atom. The van der Waals surface area contributed by atoms with Crippen molar-refractivity contribution in [2.75, 3.05) is 13.2 Å². The second-order valence-corrected chi connectivity index (χ2v) is 5.50. The number of hydrogen-bond acceptors (Lipinski definition) is 4. The fourth-order valence-electron chi connectivity index (χ4n) is 3.19. The molecule has 1 saturated carbocycles. The van der Waals surface area contributed by atoms with Crippen LogP contribution in [-0.4, -0.2) is 42.0 Å². The molecule has 0 radical (unpaired) electrons. The van der Waals surface area contributed by atoms with Crippen molar-refractivity contribution in [1.82, 2.24) is 4.90 Å². The number of piperidine rings is 1. The standard InChI is InChI=1S/C14H24N2O3/c1-2-19-14(18)12-8-3-4-9-16(12)13(17)10-6-5-7-11(10)15/h10-12H,2-9,15H2,1H3. The van der Waals surface area contributed by atoms with Gasteiger partial charge in [-0.1, -0.05) is 6.42 Å². The molecule has 0 aromatic heterocycles. The highest BCUT2D eigenvalue weighted by Gasteiger charge is 2.39. The summed E-state index contributed by atoms with van der Waals surface area (Å²) < 4.78 is 5.09. The van der Waals surface area contributed by atoms with Crippen LogP contribution in [0.3, 0.4) is 0 Å². The molecule has 1 heterocycles. The van der Waals surface area contributed by atoms with E-state index >= 15 is 0 Å². The minimum Gasteiger partial charge on any atom is -0.464 e. The van der Waals surface area contributed by atoms with E-state index in [4.69, 9.17) is 10.5 Å². The molecule has 0 spiro atoms. The number of esters is 1. The summed E-state index contributed by atoms with van der Waals surface area (Å²) in [6, 6.07) is -0.439. The Hall–Kier alpha value is -1.10. The second-order valence-electron chi connectivity index (χ2n) is 5.50. The highest BCUT2D eigenvalue weighted by molar-refractivity contribution is 5.86. The smallest absolute Gasteiger partial charge is 0.328 e. The van der Waals surface area contributed by atoms with Gasteiger partial charge in [0.2, 0.25) is 5.91 Å². The van der Waals surface area contributed by atoms with Crippen LogP contribution in [0.1, 0.15) is 45.4 Å². The van der Waals surface area contributed by atoms with E-state index in [-0.39, 0.29) is 23.8 Å². The normalized spacial score (nSPS) is 31.3. The van der Waals surface area contributed by atoms with E-state index in [0.29, 0.717) is 19.6 Å². The van der Waals surface area contributed by atoms with E-state index in [1.54, 1.807) is 11.8 Å². The number of rotatable bonds is 3. The fourth-order valence-corrected chi connectivity index (χ4v) is 3.19. The van der Waals surface area contributed by atoms with Gasteiger partial charge >= 0.3 is 5.97 Å². The van der Waals surface area contributed by atoms with E-state index < -0.39 is 6.04 Å². The maximum Gasteiger partial charge on any atom is 0.328 e. The first kappa shape index (κ1) is 14.3. The lowest BCUT2D eigenvalue weighted by atomic mass is 9.96. The van der Waals surface area contributed by atoms with Gasteiger partial charge < -0.3 is 15.4 Å². The number of nitrogens with two attached hydrogens (primary N) is 1. The molecule has 2 N–H and O–H groups in total. The lowest BCUT2D eigenvalue weighted by molar-refractivity contribution is -0.158. The molecular weight excluding hydrogens is 244 g/mol. The molecular formula is C14H24N2O3. The minimum atomic E-state index is -0.394. The van der Waals surface area contributed by atoms with E-state index in [1.807, 2.05) is 0 Å². The molecule has 0 aromatic carbocycles. The number of amides is 1. The molecule has 108 valence electrons. The quantitative estimate of drug-likeness (QED) is 0.777. The molecule has 2 fully saturated rings. The van der Waals surface area contributed by atoms with Crippen molar-refractivity contribution in [3.63, 3.8) is 0 Å².